The molecular weight excluding hydrogens is 764 g/mol. The molecule has 15 heteroatoms. The van der Waals surface area contributed by atoms with Gasteiger partial charge in [0.05, 0.1) is 6.54 Å². The molecule has 6 aliphatic rings. The number of fused-ring (bicyclic) bond motifs is 2. The number of amides is 6. The first-order chi connectivity index (χ1) is 26.7. The van der Waals surface area contributed by atoms with Gasteiger partial charge in [-0.25, -0.2) is 0 Å². The van der Waals surface area contributed by atoms with Crippen molar-refractivity contribution in [3.63, 3.8) is 0 Å². The second-order valence-electron chi connectivity index (χ2n) is 16.8. The summed E-state index contributed by atoms with van der Waals surface area (Å²) in [6, 6.07) is 10.9. The van der Waals surface area contributed by atoms with Gasteiger partial charge < -0.3 is 19.9 Å². The van der Waals surface area contributed by atoms with Gasteiger partial charge in [0.2, 0.25) is 23.6 Å². The molecule has 4 fully saturated rings. The number of piperidine rings is 4. The van der Waals surface area contributed by atoms with E-state index >= 15 is 0 Å². The largest absolute Gasteiger partial charge is 0.459 e. The highest BCUT2D eigenvalue weighted by molar-refractivity contribution is 6.06. The fourth-order valence-electron chi connectivity index (χ4n) is 8.83. The van der Waals surface area contributed by atoms with E-state index in [0.717, 1.165) is 63.0 Å². The van der Waals surface area contributed by atoms with Crippen LogP contribution in [0.25, 0.3) is 0 Å². The molecule has 6 aliphatic heterocycles. The van der Waals surface area contributed by atoms with E-state index in [0.29, 0.717) is 55.4 Å². The fraction of sp³-hybridized carbons (Fsp3) is 0.558. The number of esters is 1. The Labute approximate surface area is 346 Å². The Morgan fingerprint density at radius 2 is 1.14 bits per heavy atom. The van der Waals surface area contributed by atoms with E-state index in [-0.39, 0.29) is 74.1 Å². The van der Waals surface area contributed by atoms with Crippen molar-refractivity contribution in [3.8, 4) is 0 Å². The van der Waals surface area contributed by atoms with Gasteiger partial charge in [-0.1, -0.05) is 31.7 Å². The van der Waals surface area contributed by atoms with Crippen LogP contribution in [0.3, 0.4) is 0 Å². The summed E-state index contributed by atoms with van der Waals surface area (Å²) in [6.07, 6.45) is 5.42. The molecule has 58 heavy (non-hydrogen) atoms. The van der Waals surface area contributed by atoms with Crippen molar-refractivity contribution in [1.82, 2.24) is 30.7 Å². The van der Waals surface area contributed by atoms with Gasteiger partial charge in [-0.15, -0.1) is 12.4 Å². The average molecular weight is 821 g/mol. The Morgan fingerprint density at radius 3 is 1.57 bits per heavy atom. The van der Waals surface area contributed by atoms with E-state index in [1.807, 2.05) is 39.0 Å². The van der Waals surface area contributed by atoms with Gasteiger partial charge in [-0.05, 0) is 132 Å². The van der Waals surface area contributed by atoms with E-state index < -0.39 is 17.7 Å². The summed E-state index contributed by atoms with van der Waals surface area (Å²) in [5, 5.41) is 8.04. The molecule has 2 aromatic carbocycles. The normalized spacial score (nSPS) is 22.8. The van der Waals surface area contributed by atoms with E-state index in [1.54, 1.807) is 9.80 Å². The molecule has 0 aliphatic carbocycles. The van der Waals surface area contributed by atoms with Gasteiger partial charge in [0.1, 0.15) is 17.7 Å². The number of nitrogens with one attached hydrogen (secondary N) is 3. The minimum Gasteiger partial charge on any atom is -0.459 e. The van der Waals surface area contributed by atoms with Crippen LogP contribution in [0, 0.1) is 0 Å². The van der Waals surface area contributed by atoms with Crippen molar-refractivity contribution in [3.05, 3.63) is 69.8 Å². The lowest BCUT2D eigenvalue weighted by Gasteiger charge is -2.32. The third-order valence-corrected chi connectivity index (χ3v) is 11.7. The molecule has 6 amide bonds. The summed E-state index contributed by atoms with van der Waals surface area (Å²) in [5.41, 5.74) is 5.28. The van der Waals surface area contributed by atoms with Crippen molar-refractivity contribution >= 4 is 53.8 Å². The number of likely N-dealkylation sites (tertiary alicyclic amines) is 1. The van der Waals surface area contributed by atoms with Crippen LogP contribution in [-0.2, 0) is 41.8 Å². The Balaban J connectivity index is 0.000000221. The van der Waals surface area contributed by atoms with Crippen LogP contribution >= 0.6 is 12.4 Å². The lowest BCUT2D eigenvalue weighted by molar-refractivity contribution is -0.156. The first-order valence-electron chi connectivity index (χ1n) is 19.9. The highest BCUT2D eigenvalue weighted by Crippen LogP contribution is 2.35. The third-order valence-electron chi connectivity index (χ3n) is 11.7. The second kappa shape index (κ2) is 18.5. The van der Waals surface area contributed by atoms with E-state index in [9.17, 15) is 33.6 Å². The fourth-order valence-corrected chi connectivity index (χ4v) is 8.83. The molecule has 0 radical (unpaired) electrons. The van der Waals surface area contributed by atoms with Crippen molar-refractivity contribution in [1.29, 1.82) is 0 Å². The van der Waals surface area contributed by atoms with Crippen molar-refractivity contribution in [2.45, 2.75) is 122 Å². The van der Waals surface area contributed by atoms with E-state index in [1.165, 1.54) is 11.1 Å². The molecule has 2 atom stereocenters. The van der Waals surface area contributed by atoms with Gasteiger partial charge in [0, 0.05) is 37.1 Å². The summed E-state index contributed by atoms with van der Waals surface area (Å²) in [6.45, 7) is 10.5. The van der Waals surface area contributed by atoms with Crippen LogP contribution in [-0.4, -0.2) is 107 Å². The molecule has 4 saturated heterocycles. The maximum absolute atomic E-state index is 12.9. The number of hydrogen-bond acceptors (Lipinski definition) is 10. The first-order valence-corrected chi connectivity index (χ1v) is 19.9. The zero-order valence-corrected chi connectivity index (χ0v) is 33.7. The molecule has 2 unspecified atom stereocenters. The zero-order chi connectivity index (χ0) is 39.7. The van der Waals surface area contributed by atoms with Crippen LogP contribution in [0.5, 0.6) is 0 Å². The molecule has 0 bridgehead atoms. The number of nitrogens with zero attached hydrogens (tertiary/aromatic N) is 3. The van der Waals surface area contributed by atoms with Gasteiger partial charge >= 0.3 is 5.97 Å². The number of benzene rings is 2. The molecule has 6 heterocycles. The van der Waals surface area contributed by atoms with Crippen LogP contribution in [0.1, 0.15) is 134 Å². The highest BCUT2D eigenvalue weighted by atomic mass is 35.5. The summed E-state index contributed by atoms with van der Waals surface area (Å²) < 4.78 is 5.42. The predicted octanol–water partition coefficient (Wildman–Crippen LogP) is 3.94. The predicted molar refractivity (Wildman–Crippen MR) is 218 cm³/mol. The van der Waals surface area contributed by atoms with Gasteiger partial charge in [-0.3, -0.25) is 49.1 Å². The first kappa shape index (κ1) is 44.4. The summed E-state index contributed by atoms with van der Waals surface area (Å²) >= 11 is 0. The lowest BCUT2D eigenvalue weighted by atomic mass is 9.88. The number of carbonyl (C=O) groups excluding carboxylic acids is 7. The van der Waals surface area contributed by atoms with Crippen molar-refractivity contribution in [2.75, 3.05) is 32.7 Å². The SMILES string of the molecule is C.CC(C)(C)OC(=O)CN1CCC(c2ccc3c(c2)CN(C2CCC(=O)NC2=O)C3=O)CC1.Cl.O=C1CCC(N2Cc3cc(C4CCNCC4)ccc3C2=O)C(=O)N1. The Hall–Kier alpha value is -4.66. The number of rotatable bonds is 6. The number of carbonyl (C=O) groups is 7. The van der Waals surface area contributed by atoms with Crippen LogP contribution < -0.4 is 16.0 Å². The van der Waals surface area contributed by atoms with Crippen molar-refractivity contribution in [2.24, 2.45) is 0 Å². The van der Waals surface area contributed by atoms with Crippen LogP contribution in [0.4, 0.5) is 0 Å². The quantitative estimate of drug-likeness (QED) is 0.286. The number of halogens is 1. The molecule has 14 nitrogen and oxygen atoms in total. The number of hydrogen-bond donors (Lipinski definition) is 3. The van der Waals surface area contributed by atoms with Gasteiger partial charge in [0.25, 0.3) is 11.8 Å². The summed E-state index contributed by atoms with van der Waals surface area (Å²) in [7, 11) is 0. The maximum atomic E-state index is 12.9. The van der Waals surface area contributed by atoms with Gasteiger partial charge in [0.15, 0.2) is 0 Å². The molecule has 314 valence electrons. The van der Waals surface area contributed by atoms with E-state index in [2.05, 4.69) is 39.0 Å². The Bertz CT molecular complexity index is 1930. The molecule has 0 saturated carbocycles. The molecular formula is C43H57ClN6O8. The zero-order valence-electron chi connectivity index (χ0n) is 32.9. The molecule has 0 aromatic heterocycles. The minimum absolute atomic E-state index is 0. The van der Waals surface area contributed by atoms with Crippen molar-refractivity contribution < 1.29 is 38.3 Å². The van der Waals surface area contributed by atoms with Crippen LogP contribution in [0.2, 0.25) is 0 Å². The van der Waals surface area contributed by atoms with Gasteiger partial charge in [-0.2, -0.15) is 0 Å². The molecule has 0 spiro atoms. The summed E-state index contributed by atoms with van der Waals surface area (Å²) in [4.78, 5) is 90.0. The minimum atomic E-state index is -0.591. The molecule has 8 rings (SSSR count). The number of ether oxygens (including phenoxy) is 1. The standard InChI is InChI=1S/C24H31N3O5.C18H21N3O3.CH4.ClH/c1-24(2,3)32-21(29)14-26-10-8-15(9-11-26)16-4-5-18-17(12-16)13-27(23(18)31)19-6-7-20(28)25-22(19)30;22-16-4-3-15(17(23)20-16)21-10-13-9-12(1-2-14(13)18(21)24)11-5-7-19-8-6-11;;/h4-5,12,15,19H,6-11,13-14H2,1-3H3,(H,25,28,30);1-2,9,11,15,19H,3-8,10H2,(H,20,22,23);1H4;1H. The van der Waals surface area contributed by atoms with Crippen LogP contribution in [0.15, 0.2) is 36.4 Å². The molecule has 3 N–H and O–H groups in total. The highest BCUT2D eigenvalue weighted by Gasteiger charge is 2.41. The Morgan fingerprint density at radius 1 is 0.690 bits per heavy atom. The number of imide groups is 2. The topological polar surface area (TPSA) is 175 Å². The smallest absolute Gasteiger partial charge is 0.320 e. The Kier molecular flexibility index (Phi) is 14.2. The van der Waals surface area contributed by atoms with E-state index in [4.69, 9.17) is 4.74 Å². The monoisotopic (exact) mass is 820 g/mol. The third kappa shape index (κ3) is 9.95. The average Bonchev–Trinajstić information content (AvgIpc) is 3.66. The lowest BCUT2D eigenvalue weighted by Crippen LogP contribution is -2.52. The maximum Gasteiger partial charge on any atom is 0.320 e. The second-order valence-corrected chi connectivity index (χ2v) is 16.8. The summed E-state index contributed by atoms with van der Waals surface area (Å²) in [5.74, 6) is -0.813. The molecule has 2 aromatic rings.